The zero-order valence-corrected chi connectivity index (χ0v) is 16.5. The molecule has 0 saturated carbocycles. The summed E-state index contributed by atoms with van der Waals surface area (Å²) in [6.07, 6.45) is 0.884. The number of hydrogen-bond donors (Lipinski definition) is 3. The molecule has 2 heterocycles. The Kier molecular flexibility index (Phi) is 4.60. The zero-order chi connectivity index (χ0) is 19.8. The van der Waals surface area contributed by atoms with E-state index in [1.807, 2.05) is 54.3 Å². The monoisotopic (exact) mass is 391 g/mol. The third-order valence-corrected chi connectivity index (χ3v) is 5.18. The first-order valence-corrected chi connectivity index (χ1v) is 9.50. The van der Waals surface area contributed by atoms with Gasteiger partial charge in [0.15, 0.2) is 0 Å². The van der Waals surface area contributed by atoms with Crippen molar-refractivity contribution in [1.82, 2.24) is 9.97 Å². The number of aromatic amines is 1. The van der Waals surface area contributed by atoms with Crippen LogP contribution in [0.5, 0.6) is 0 Å². The highest BCUT2D eigenvalue weighted by atomic mass is 32.1. The van der Waals surface area contributed by atoms with Gasteiger partial charge in [0.25, 0.3) is 5.56 Å². The number of aryl methyl sites for hydroxylation is 1. The Labute approximate surface area is 168 Å². The van der Waals surface area contributed by atoms with Crippen molar-refractivity contribution >= 4 is 40.3 Å². The molecule has 0 radical (unpaired) electrons. The number of thiocarbonyl (C=S) groups is 1. The van der Waals surface area contributed by atoms with Crippen LogP contribution in [0.25, 0.3) is 0 Å². The highest BCUT2D eigenvalue weighted by Crippen LogP contribution is 2.36. The highest BCUT2D eigenvalue weighted by Gasteiger charge is 2.29. The van der Waals surface area contributed by atoms with Gasteiger partial charge < -0.3 is 16.0 Å². The predicted molar refractivity (Wildman–Crippen MR) is 118 cm³/mol. The fourth-order valence-corrected chi connectivity index (χ4v) is 3.93. The Hall–Kier alpha value is -3.19. The van der Waals surface area contributed by atoms with E-state index in [-0.39, 0.29) is 28.0 Å². The highest BCUT2D eigenvalue weighted by molar-refractivity contribution is 7.81. The first kappa shape index (κ1) is 18.2. The van der Waals surface area contributed by atoms with E-state index < -0.39 is 0 Å². The van der Waals surface area contributed by atoms with Crippen molar-refractivity contribution in [2.45, 2.75) is 26.3 Å². The van der Waals surface area contributed by atoms with Crippen molar-refractivity contribution in [3.63, 3.8) is 0 Å². The van der Waals surface area contributed by atoms with Gasteiger partial charge in [0.2, 0.25) is 5.95 Å². The number of fused-ring (bicyclic) bond motifs is 1. The van der Waals surface area contributed by atoms with Crippen LogP contribution in [-0.4, -0.2) is 21.0 Å². The number of hydrogen-bond acceptors (Lipinski definition) is 5. The van der Waals surface area contributed by atoms with Gasteiger partial charge in [0.1, 0.15) is 16.4 Å². The molecule has 4 rings (SSSR count). The van der Waals surface area contributed by atoms with E-state index in [0.717, 1.165) is 23.4 Å². The third kappa shape index (κ3) is 3.25. The molecule has 0 unspecified atom stereocenters. The van der Waals surface area contributed by atoms with Gasteiger partial charge in [-0.15, -0.1) is 0 Å². The first-order chi connectivity index (χ1) is 13.4. The van der Waals surface area contributed by atoms with Crippen molar-refractivity contribution in [1.29, 1.82) is 0 Å². The van der Waals surface area contributed by atoms with Crippen LogP contribution in [0.3, 0.4) is 0 Å². The molecular formula is C21H21N5OS. The lowest BCUT2D eigenvalue weighted by molar-refractivity contribution is 0.738. The summed E-state index contributed by atoms with van der Waals surface area (Å²) in [5.74, 6) is 0.544. The van der Waals surface area contributed by atoms with Crippen LogP contribution in [-0.2, 0) is 6.42 Å². The molecule has 0 spiro atoms. The Morgan fingerprint density at radius 2 is 2.07 bits per heavy atom. The Balaban J connectivity index is 1.68. The van der Waals surface area contributed by atoms with E-state index in [9.17, 15) is 4.79 Å². The third-order valence-electron chi connectivity index (χ3n) is 4.87. The van der Waals surface area contributed by atoms with Gasteiger partial charge in [0, 0.05) is 17.4 Å². The minimum Gasteiger partial charge on any atom is -0.383 e. The van der Waals surface area contributed by atoms with E-state index in [0.29, 0.717) is 5.95 Å². The maximum Gasteiger partial charge on any atom is 0.264 e. The number of nitrogens with two attached hydrogens (primary N) is 1. The summed E-state index contributed by atoms with van der Waals surface area (Å²) in [5, 5.41) is 3.07. The molecule has 0 bridgehead atoms. The lowest BCUT2D eigenvalue weighted by Gasteiger charge is -2.23. The number of H-pyrrole nitrogens is 1. The lowest BCUT2D eigenvalue weighted by Crippen LogP contribution is -2.31. The van der Waals surface area contributed by atoms with Crippen LogP contribution in [0.1, 0.15) is 23.6 Å². The van der Waals surface area contributed by atoms with E-state index >= 15 is 0 Å². The Morgan fingerprint density at radius 3 is 2.82 bits per heavy atom. The predicted octanol–water partition coefficient (Wildman–Crippen LogP) is 3.53. The second-order valence-electron chi connectivity index (χ2n) is 7.03. The minimum absolute atomic E-state index is 0.112. The molecule has 0 saturated heterocycles. The van der Waals surface area contributed by atoms with Gasteiger partial charge in [-0.2, -0.15) is 4.98 Å². The second kappa shape index (κ2) is 7.09. The number of nitrogen functional groups attached to an aromatic ring is 1. The summed E-state index contributed by atoms with van der Waals surface area (Å²) < 4.78 is 0. The first-order valence-electron chi connectivity index (χ1n) is 9.09. The largest absolute Gasteiger partial charge is 0.383 e. The summed E-state index contributed by atoms with van der Waals surface area (Å²) in [5.41, 5.74) is 10.1. The molecule has 7 heteroatoms. The number of anilines is 4. The molecule has 0 fully saturated rings. The quantitative estimate of drug-likeness (QED) is 0.592. The van der Waals surface area contributed by atoms with E-state index in [1.54, 1.807) is 0 Å². The standard InChI is InChI=1S/C21H21N5OS/c1-12-6-5-8-15(10-12)23-20(28)17-18(22)24-21(25-19(17)27)26-13(2)11-14-7-3-4-9-16(14)26/h3-10,13H,11H2,1-2H3,(H,23,28)(H3,22,24,25,27)/t13-/m1/s1. The number of aromatic nitrogens is 2. The Morgan fingerprint density at radius 1 is 1.29 bits per heavy atom. The van der Waals surface area contributed by atoms with Crippen molar-refractivity contribution in [3.05, 3.63) is 75.6 Å². The van der Waals surface area contributed by atoms with E-state index in [4.69, 9.17) is 18.0 Å². The molecule has 28 heavy (non-hydrogen) atoms. The van der Waals surface area contributed by atoms with Crippen LogP contribution in [0, 0.1) is 6.92 Å². The number of para-hydroxylation sites is 1. The van der Waals surface area contributed by atoms with E-state index in [2.05, 4.69) is 28.3 Å². The average molecular weight is 392 g/mol. The molecule has 3 aromatic rings. The van der Waals surface area contributed by atoms with Gasteiger partial charge in [-0.05, 0) is 49.6 Å². The van der Waals surface area contributed by atoms with Crippen molar-refractivity contribution in [2.75, 3.05) is 16.0 Å². The van der Waals surface area contributed by atoms with Crippen LogP contribution in [0.2, 0.25) is 0 Å². The number of nitrogens with one attached hydrogen (secondary N) is 2. The number of rotatable bonds is 3. The summed E-state index contributed by atoms with van der Waals surface area (Å²) >= 11 is 5.42. The average Bonchev–Trinajstić information content (AvgIpc) is 2.96. The summed E-state index contributed by atoms with van der Waals surface area (Å²) in [6.45, 7) is 4.08. The molecular weight excluding hydrogens is 370 g/mol. The fourth-order valence-electron chi connectivity index (χ4n) is 3.62. The summed E-state index contributed by atoms with van der Waals surface area (Å²) in [7, 11) is 0. The molecule has 4 N–H and O–H groups in total. The van der Waals surface area contributed by atoms with Crippen LogP contribution >= 0.6 is 12.2 Å². The molecule has 1 aliphatic rings. The normalized spacial score (nSPS) is 15.4. The zero-order valence-electron chi connectivity index (χ0n) is 15.7. The smallest absolute Gasteiger partial charge is 0.264 e. The second-order valence-corrected chi connectivity index (χ2v) is 7.43. The van der Waals surface area contributed by atoms with Crippen LogP contribution in [0.15, 0.2) is 53.3 Å². The maximum atomic E-state index is 12.8. The van der Waals surface area contributed by atoms with Crippen molar-refractivity contribution in [2.24, 2.45) is 0 Å². The SMILES string of the molecule is Cc1cccc(NC(=S)c2c(N)nc(N3c4ccccc4C[C@H]3C)[nH]c2=O)c1. The molecule has 1 aliphatic heterocycles. The van der Waals surface area contributed by atoms with Crippen molar-refractivity contribution < 1.29 is 0 Å². The lowest BCUT2D eigenvalue weighted by atomic mass is 10.1. The molecule has 6 nitrogen and oxygen atoms in total. The summed E-state index contributed by atoms with van der Waals surface area (Å²) in [6, 6.07) is 16.0. The molecule has 2 aromatic carbocycles. The molecule has 0 aliphatic carbocycles. The van der Waals surface area contributed by atoms with Crippen LogP contribution in [0.4, 0.5) is 23.1 Å². The molecule has 1 atom stereocenters. The minimum atomic E-state index is -0.357. The van der Waals surface area contributed by atoms with Crippen molar-refractivity contribution in [3.8, 4) is 0 Å². The van der Waals surface area contributed by atoms with Gasteiger partial charge in [-0.25, -0.2) is 0 Å². The van der Waals surface area contributed by atoms with Gasteiger partial charge >= 0.3 is 0 Å². The number of nitrogens with zero attached hydrogens (tertiary/aromatic N) is 2. The number of benzene rings is 2. The summed E-state index contributed by atoms with van der Waals surface area (Å²) in [4.78, 5) is 22.4. The van der Waals surface area contributed by atoms with Gasteiger partial charge in [-0.3, -0.25) is 9.78 Å². The van der Waals surface area contributed by atoms with E-state index in [1.165, 1.54) is 5.56 Å². The molecule has 142 valence electrons. The van der Waals surface area contributed by atoms with Gasteiger partial charge in [-0.1, -0.05) is 42.5 Å². The van der Waals surface area contributed by atoms with Gasteiger partial charge in [0.05, 0.1) is 0 Å². The van der Waals surface area contributed by atoms with Crippen LogP contribution < -0.4 is 21.5 Å². The maximum absolute atomic E-state index is 12.8. The fraction of sp³-hybridized carbons (Fsp3) is 0.190. The molecule has 1 aromatic heterocycles. The molecule has 0 amide bonds. The topological polar surface area (TPSA) is 87.0 Å². The Bertz CT molecular complexity index is 1120.